The smallest absolute Gasteiger partial charge is 0.326 e. The molecule has 0 radical (unpaired) electrons. The largest absolute Gasteiger partial charge is 0.481 e. The van der Waals surface area contributed by atoms with Crippen LogP contribution in [-0.4, -0.2) is 133 Å². The Balaban J connectivity index is 3.47. The quantitative estimate of drug-likeness (QED) is 0.0440. The van der Waals surface area contributed by atoms with Gasteiger partial charge in [-0.25, -0.2) is 4.79 Å². The second kappa shape index (κ2) is 24.1. The lowest BCUT2D eigenvalue weighted by Crippen LogP contribution is -2.61. The first kappa shape index (κ1) is 49.4. The molecule has 23 nitrogen and oxygen atoms in total. The topological polar surface area (TPSA) is 387 Å². The Morgan fingerprint density at radius 3 is 1.34 bits per heavy atom. The van der Waals surface area contributed by atoms with E-state index in [4.69, 9.17) is 15.9 Å². The van der Waals surface area contributed by atoms with E-state index in [-0.39, 0.29) is 12.8 Å². The van der Waals surface area contributed by atoms with Crippen molar-refractivity contribution < 1.29 is 78.3 Å². The van der Waals surface area contributed by atoms with E-state index in [0.717, 1.165) is 0 Å². The zero-order chi connectivity index (χ0) is 44.3. The van der Waals surface area contributed by atoms with E-state index in [2.05, 4.69) is 21.3 Å². The Morgan fingerprint density at radius 1 is 0.500 bits per heavy atom. The maximum Gasteiger partial charge on any atom is 0.326 e. The van der Waals surface area contributed by atoms with E-state index in [0.29, 0.717) is 5.56 Å². The number of carbonyl (C=O) groups excluding carboxylic acids is 6. The van der Waals surface area contributed by atoms with Crippen molar-refractivity contribution in [2.24, 2.45) is 11.7 Å². The van der Waals surface area contributed by atoms with Gasteiger partial charge in [0.2, 0.25) is 35.4 Å². The van der Waals surface area contributed by atoms with Gasteiger partial charge in [0, 0.05) is 19.3 Å². The van der Waals surface area contributed by atoms with Gasteiger partial charge in [0.15, 0.2) is 0 Å². The van der Waals surface area contributed by atoms with Gasteiger partial charge in [-0.2, -0.15) is 0 Å². The molecule has 7 atom stereocenters. The molecule has 1 rings (SSSR count). The maximum absolute atomic E-state index is 13.9. The van der Waals surface area contributed by atoms with Crippen molar-refractivity contribution in [1.29, 1.82) is 0 Å². The molecule has 6 amide bonds. The molecule has 0 heterocycles. The minimum atomic E-state index is -2.04. The summed E-state index contributed by atoms with van der Waals surface area (Å²) in [7, 11) is 0. The van der Waals surface area contributed by atoms with Crippen molar-refractivity contribution in [3.63, 3.8) is 0 Å². The summed E-state index contributed by atoms with van der Waals surface area (Å²) in [6.07, 6.45) is -4.83. The van der Waals surface area contributed by atoms with Crippen LogP contribution in [0.3, 0.4) is 0 Å². The Bertz CT molecular complexity index is 1690. The van der Waals surface area contributed by atoms with Gasteiger partial charge in [0.1, 0.15) is 36.3 Å². The van der Waals surface area contributed by atoms with E-state index in [1.54, 1.807) is 30.3 Å². The van der Waals surface area contributed by atoms with Gasteiger partial charge in [0.05, 0.1) is 18.9 Å². The summed E-state index contributed by atoms with van der Waals surface area (Å²) in [4.78, 5) is 136. The Labute approximate surface area is 330 Å². The molecule has 0 aliphatic rings. The fourth-order valence-corrected chi connectivity index (χ4v) is 5.06. The molecular weight excluding hydrogens is 774 g/mol. The fourth-order valence-electron chi connectivity index (χ4n) is 5.06. The normalized spacial score (nSPS) is 14.4. The van der Waals surface area contributed by atoms with Crippen LogP contribution in [0.15, 0.2) is 30.3 Å². The van der Waals surface area contributed by atoms with Crippen molar-refractivity contribution >= 4 is 65.3 Å². The molecule has 0 aromatic heterocycles. The summed E-state index contributed by atoms with van der Waals surface area (Å²) in [5, 5.41) is 59.5. The summed E-state index contributed by atoms with van der Waals surface area (Å²) >= 11 is 0. The number of aliphatic carboxylic acids is 5. The molecule has 58 heavy (non-hydrogen) atoms. The standard InChI is InChI=1S/C35H49N7O16/c1-16(2)28(42-31(53)20(10-12-25(45)46)37-29(51)17(3)36)34(56)40-21(13-18-7-5-4-6-8-18)32(54)38-19(9-11-24(43)44)30(52)39-22(14-26(47)48)33(55)41-23(35(57)58)15-27(49)50/h4-8,16-17,19-23,28H,9-15,36H2,1-3H3,(H,37,51)(H,38,54)(H,39,52)(H,40,56)(H,41,55)(H,42,53)(H,43,44)(H,45,46)(H,47,48)(H,49,50)(H,57,58)/t17-,19-,20-,21-,22-,23-,28-/m0/s1. The van der Waals surface area contributed by atoms with Crippen LogP contribution in [0.1, 0.15) is 64.9 Å². The Hall–Kier alpha value is -6.65. The molecule has 13 N–H and O–H groups in total. The van der Waals surface area contributed by atoms with Gasteiger partial charge >= 0.3 is 29.8 Å². The third kappa shape index (κ3) is 18.3. The number of carbonyl (C=O) groups is 11. The van der Waals surface area contributed by atoms with Gasteiger partial charge in [0.25, 0.3) is 0 Å². The number of hydrogen-bond acceptors (Lipinski definition) is 12. The van der Waals surface area contributed by atoms with Gasteiger partial charge in [-0.15, -0.1) is 0 Å². The molecule has 0 unspecified atom stereocenters. The molecule has 1 aromatic carbocycles. The second-order valence-electron chi connectivity index (χ2n) is 13.4. The summed E-state index contributed by atoms with van der Waals surface area (Å²) in [6.45, 7) is 4.38. The number of nitrogens with two attached hydrogens (primary N) is 1. The molecule has 0 fully saturated rings. The van der Waals surface area contributed by atoms with Crippen LogP contribution in [0.5, 0.6) is 0 Å². The van der Waals surface area contributed by atoms with Crippen LogP contribution in [-0.2, 0) is 59.2 Å². The number of nitrogens with one attached hydrogen (secondary N) is 6. The first-order valence-corrected chi connectivity index (χ1v) is 17.7. The highest BCUT2D eigenvalue weighted by Gasteiger charge is 2.35. The number of amides is 6. The van der Waals surface area contributed by atoms with E-state index in [1.165, 1.54) is 20.8 Å². The first-order valence-electron chi connectivity index (χ1n) is 17.7. The van der Waals surface area contributed by atoms with Crippen molar-refractivity contribution in [1.82, 2.24) is 31.9 Å². The first-order chi connectivity index (χ1) is 27.0. The highest BCUT2D eigenvalue weighted by atomic mass is 16.4. The summed E-state index contributed by atoms with van der Waals surface area (Å²) < 4.78 is 0. The van der Waals surface area contributed by atoms with Crippen molar-refractivity contribution in [2.45, 2.75) is 108 Å². The predicted octanol–water partition coefficient (Wildman–Crippen LogP) is -3.10. The number of benzene rings is 1. The van der Waals surface area contributed by atoms with Gasteiger partial charge in [-0.05, 0) is 31.2 Å². The molecule has 0 bridgehead atoms. The SMILES string of the molecule is CC(C)[C@H](NC(=O)[C@H](CCC(=O)O)NC(=O)[C@H](C)N)C(=O)N[C@@H](Cc1ccccc1)C(=O)N[C@@H](CCC(=O)O)C(=O)N[C@@H](CC(=O)O)C(=O)N[C@@H](CC(=O)O)C(=O)O. The van der Waals surface area contributed by atoms with Crippen LogP contribution in [0, 0.1) is 5.92 Å². The van der Waals surface area contributed by atoms with Crippen LogP contribution in [0.2, 0.25) is 0 Å². The van der Waals surface area contributed by atoms with Crippen LogP contribution in [0.25, 0.3) is 0 Å². The Morgan fingerprint density at radius 2 is 0.897 bits per heavy atom. The molecule has 1 aromatic rings. The van der Waals surface area contributed by atoms with Crippen LogP contribution >= 0.6 is 0 Å². The minimum absolute atomic E-state index is 0.250. The lowest BCUT2D eigenvalue weighted by atomic mass is 9.99. The monoisotopic (exact) mass is 823 g/mol. The molecule has 0 aliphatic carbocycles. The third-order valence-corrected chi connectivity index (χ3v) is 8.14. The summed E-state index contributed by atoms with van der Waals surface area (Å²) in [6, 6.07) is -3.32. The lowest BCUT2D eigenvalue weighted by molar-refractivity contribution is -0.148. The molecular formula is C35H49N7O16. The third-order valence-electron chi connectivity index (χ3n) is 8.14. The van der Waals surface area contributed by atoms with E-state index in [9.17, 15) is 68.1 Å². The van der Waals surface area contributed by atoms with Crippen LogP contribution in [0.4, 0.5) is 0 Å². The van der Waals surface area contributed by atoms with Crippen LogP contribution < -0.4 is 37.6 Å². The molecule has 0 saturated carbocycles. The second-order valence-corrected chi connectivity index (χ2v) is 13.4. The number of hydrogen-bond donors (Lipinski definition) is 12. The van der Waals surface area contributed by atoms with Crippen molar-refractivity contribution in [2.75, 3.05) is 0 Å². The van der Waals surface area contributed by atoms with E-state index < -0.39 is 146 Å². The highest BCUT2D eigenvalue weighted by molar-refractivity contribution is 5.98. The van der Waals surface area contributed by atoms with Crippen molar-refractivity contribution in [3.05, 3.63) is 35.9 Å². The molecule has 0 saturated heterocycles. The van der Waals surface area contributed by atoms with Gasteiger partial charge < -0.3 is 63.2 Å². The number of rotatable bonds is 26. The lowest BCUT2D eigenvalue weighted by Gasteiger charge is -2.28. The summed E-state index contributed by atoms with van der Waals surface area (Å²) in [5.41, 5.74) is 6.05. The zero-order valence-electron chi connectivity index (χ0n) is 31.8. The minimum Gasteiger partial charge on any atom is -0.481 e. The fraction of sp³-hybridized carbons (Fsp3) is 0.514. The van der Waals surface area contributed by atoms with E-state index >= 15 is 0 Å². The maximum atomic E-state index is 13.9. The van der Waals surface area contributed by atoms with Gasteiger partial charge in [-0.3, -0.25) is 47.9 Å². The molecule has 23 heteroatoms. The number of carboxylic acid groups (broad SMARTS) is 5. The zero-order valence-corrected chi connectivity index (χ0v) is 31.8. The molecule has 0 aliphatic heterocycles. The predicted molar refractivity (Wildman–Crippen MR) is 196 cm³/mol. The van der Waals surface area contributed by atoms with E-state index in [1.807, 2.05) is 10.6 Å². The average Bonchev–Trinajstić information content (AvgIpc) is 3.12. The molecule has 320 valence electrons. The average molecular weight is 824 g/mol. The Kier molecular flexibility index (Phi) is 20.5. The highest BCUT2D eigenvalue weighted by Crippen LogP contribution is 2.10. The van der Waals surface area contributed by atoms with Crippen molar-refractivity contribution in [3.8, 4) is 0 Å². The molecule has 0 spiro atoms. The van der Waals surface area contributed by atoms with Gasteiger partial charge in [-0.1, -0.05) is 44.2 Å². The number of carboxylic acids is 5. The summed E-state index contributed by atoms with van der Waals surface area (Å²) in [5.74, 6) is -15.0.